The van der Waals surface area contributed by atoms with E-state index in [0.717, 1.165) is 0 Å². The lowest BCUT2D eigenvalue weighted by atomic mass is 9.95. The van der Waals surface area contributed by atoms with Crippen molar-refractivity contribution in [1.82, 2.24) is 10.6 Å². The van der Waals surface area contributed by atoms with Gasteiger partial charge in [-0.1, -0.05) is 6.92 Å². The maximum absolute atomic E-state index is 11.8. The summed E-state index contributed by atoms with van der Waals surface area (Å²) in [5.74, 6) is -2.50. The van der Waals surface area contributed by atoms with E-state index in [1.165, 1.54) is 7.05 Å². The lowest BCUT2D eigenvalue weighted by molar-refractivity contribution is -0.146. The first-order valence-corrected chi connectivity index (χ1v) is 5.66. The summed E-state index contributed by atoms with van der Waals surface area (Å²) in [7, 11) is 1.48. The van der Waals surface area contributed by atoms with E-state index in [1.807, 2.05) is 6.92 Å². The molecule has 0 heterocycles. The van der Waals surface area contributed by atoms with Gasteiger partial charge in [0, 0.05) is 7.05 Å². The van der Waals surface area contributed by atoms with Crippen LogP contribution in [0.15, 0.2) is 0 Å². The predicted octanol–water partition coefficient (Wildman–Crippen LogP) is -0.405. The van der Waals surface area contributed by atoms with Gasteiger partial charge in [0.05, 0.1) is 18.4 Å². The molecule has 3 atom stereocenters. The molecule has 0 radical (unpaired) electrons. The van der Waals surface area contributed by atoms with E-state index in [2.05, 4.69) is 10.6 Å². The number of carboxylic acids is 1. The molecular formula is C11H18N2O4. The van der Waals surface area contributed by atoms with Crippen LogP contribution in [0.4, 0.5) is 0 Å². The summed E-state index contributed by atoms with van der Waals surface area (Å²) in [4.78, 5) is 33.7. The number of rotatable bonds is 4. The zero-order valence-electron chi connectivity index (χ0n) is 10.0. The van der Waals surface area contributed by atoms with Gasteiger partial charge >= 0.3 is 5.97 Å². The number of carboxylic acid groups (broad SMARTS) is 1. The second kappa shape index (κ2) is 5.65. The average molecular weight is 242 g/mol. The Balaban J connectivity index is 2.55. The Kier molecular flexibility index (Phi) is 4.48. The summed E-state index contributed by atoms with van der Waals surface area (Å²) >= 11 is 0. The molecule has 0 aromatic carbocycles. The van der Waals surface area contributed by atoms with Gasteiger partial charge < -0.3 is 15.7 Å². The Morgan fingerprint density at radius 2 is 1.82 bits per heavy atom. The van der Waals surface area contributed by atoms with Crippen molar-refractivity contribution >= 4 is 17.8 Å². The van der Waals surface area contributed by atoms with E-state index in [1.54, 1.807) is 0 Å². The van der Waals surface area contributed by atoms with Crippen LogP contribution in [-0.4, -0.2) is 36.5 Å². The quantitative estimate of drug-likeness (QED) is 0.624. The normalized spacial score (nSPS) is 27.5. The molecule has 1 rings (SSSR count). The molecule has 1 fully saturated rings. The van der Waals surface area contributed by atoms with E-state index < -0.39 is 17.8 Å². The molecule has 6 heteroatoms. The van der Waals surface area contributed by atoms with Crippen LogP contribution in [0, 0.1) is 17.8 Å². The summed E-state index contributed by atoms with van der Waals surface area (Å²) in [5, 5.41) is 13.9. The lowest BCUT2D eigenvalue weighted by Gasteiger charge is -2.14. The van der Waals surface area contributed by atoms with Crippen LogP contribution >= 0.6 is 0 Å². The van der Waals surface area contributed by atoms with Crippen LogP contribution in [0.5, 0.6) is 0 Å². The molecule has 0 aromatic rings. The van der Waals surface area contributed by atoms with Crippen LogP contribution in [0.3, 0.4) is 0 Å². The van der Waals surface area contributed by atoms with Gasteiger partial charge in [0.1, 0.15) is 0 Å². The predicted molar refractivity (Wildman–Crippen MR) is 60.1 cm³/mol. The molecule has 96 valence electrons. The number of hydrogen-bond donors (Lipinski definition) is 3. The summed E-state index contributed by atoms with van der Waals surface area (Å²) in [6, 6.07) is 0. The maximum Gasteiger partial charge on any atom is 0.307 e. The molecule has 1 saturated carbocycles. The second-order valence-corrected chi connectivity index (χ2v) is 4.52. The smallest absolute Gasteiger partial charge is 0.307 e. The van der Waals surface area contributed by atoms with Crippen LogP contribution in [0.25, 0.3) is 0 Å². The van der Waals surface area contributed by atoms with E-state index in [-0.39, 0.29) is 24.3 Å². The minimum atomic E-state index is -0.936. The van der Waals surface area contributed by atoms with Crippen molar-refractivity contribution in [3.05, 3.63) is 0 Å². The highest BCUT2D eigenvalue weighted by atomic mass is 16.4. The molecule has 0 bridgehead atoms. The standard InChI is InChI=1S/C11H18N2O4/c1-6-3-7(8(4-6)11(16)17)10(15)13-5-9(14)12-2/h6-8H,3-5H2,1-2H3,(H,12,14)(H,13,15)(H,16,17). The Labute approximate surface area is 99.8 Å². The molecule has 0 aliphatic heterocycles. The molecule has 1 aliphatic rings. The van der Waals surface area contributed by atoms with E-state index in [0.29, 0.717) is 12.8 Å². The average Bonchev–Trinajstić information content (AvgIpc) is 2.67. The number of carbonyl (C=O) groups excluding carboxylic acids is 2. The number of likely N-dealkylation sites (N-methyl/N-ethyl adjacent to an activating group) is 1. The molecule has 6 nitrogen and oxygen atoms in total. The number of aliphatic carboxylic acids is 1. The van der Waals surface area contributed by atoms with Gasteiger partial charge in [-0.05, 0) is 18.8 Å². The Morgan fingerprint density at radius 1 is 1.24 bits per heavy atom. The third-order valence-electron chi connectivity index (χ3n) is 3.15. The third-order valence-corrected chi connectivity index (χ3v) is 3.15. The lowest BCUT2D eigenvalue weighted by Crippen LogP contribution is -2.40. The fourth-order valence-electron chi connectivity index (χ4n) is 2.24. The zero-order chi connectivity index (χ0) is 13.0. The minimum Gasteiger partial charge on any atom is -0.481 e. The molecular weight excluding hydrogens is 224 g/mol. The Bertz CT molecular complexity index is 329. The van der Waals surface area contributed by atoms with E-state index >= 15 is 0 Å². The number of nitrogens with one attached hydrogen (secondary N) is 2. The van der Waals surface area contributed by atoms with Crippen molar-refractivity contribution in [2.24, 2.45) is 17.8 Å². The van der Waals surface area contributed by atoms with Crippen molar-refractivity contribution in [3.8, 4) is 0 Å². The monoisotopic (exact) mass is 242 g/mol. The van der Waals surface area contributed by atoms with Gasteiger partial charge in [-0.15, -0.1) is 0 Å². The first-order chi connectivity index (χ1) is 7.95. The highest BCUT2D eigenvalue weighted by Crippen LogP contribution is 2.36. The highest BCUT2D eigenvalue weighted by Gasteiger charge is 2.41. The van der Waals surface area contributed by atoms with Gasteiger partial charge in [-0.25, -0.2) is 0 Å². The highest BCUT2D eigenvalue weighted by molar-refractivity contribution is 5.88. The van der Waals surface area contributed by atoms with Gasteiger partial charge in [-0.2, -0.15) is 0 Å². The van der Waals surface area contributed by atoms with Gasteiger partial charge in [-0.3, -0.25) is 14.4 Å². The van der Waals surface area contributed by atoms with Gasteiger partial charge in [0.2, 0.25) is 11.8 Å². The van der Waals surface area contributed by atoms with Crippen molar-refractivity contribution in [2.75, 3.05) is 13.6 Å². The van der Waals surface area contributed by atoms with Crippen LogP contribution in [-0.2, 0) is 14.4 Å². The topological polar surface area (TPSA) is 95.5 Å². The molecule has 3 unspecified atom stereocenters. The number of carbonyl (C=O) groups is 3. The molecule has 0 aromatic heterocycles. The summed E-state index contributed by atoms with van der Waals surface area (Å²) in [6.45, 7) is 1.83. The fourth-order valence-corrected chi connectivity index (χ4v) is 2.24. The van der Waals surface area contributed by atoms with Crippen LogP contribution < -0.4 is 10.6 Å². The molecule has 0 saturated heterocycles. The van der Waals surface area contributed by atoms with E-state index in [4.69, 9.17) is 5.11 Å². The number of amides is 2. The fraction of sp³-hybridized carbons (Fsp3) is 0.727. The molecule has 2 amide bonds. The van der Waals surface area contributed by atoms with Crippen molar-refractivity contribution in [2.45, 2.75) is 19.8 Å². The largest absolute Gasteiger partial charge is 0.481 e. The van der Waals surface area contributed by atoms with Crippen molar-refractivity contribution in [1.29, 1.82) is 0 Å². The summed E-state index contributed by atoms with van der Waals surface area (Å²) in [5.41, 5.74) is 0. The zero-order valence-corrected chi connectivity index (χ0v) is 10.0. The molecule has 3 N–H and O–H groups in total. The summed E-state index contributed by atoms with van der Waals surface area (Å²) < 4.78 is 0. The minimum absolute atomic E-state index is 0.105. The van der Waals surface area contributed by atoms with Gasteiger partial charge in [0.25, 0.3) is 0 Å². The second-order valence-electron chi connectivity index (χ2n) is 4.52. The van der Waals surface area contributed by atoms with Crippen LogP contribution in [0.2, 0.25) is 0 Å². The molecule has 1 aliphatic carbocycles. The SMILES string of the molecule is CNC(=O)CNC(=O)C1CC(C)CC1C(=O)O. The third kappa shape index (κ3) is 3.44. The number of hydrogen-bond acceptors (Lipinski definition) is 3. The van der Waals surface area contributed by atoms with E-state index in [9.17, 15) is 14.4 Å². The van der Waals surface area contributed by atoms with Crippen molar-refractivity contribution in [3.63, 3.8) is 0 Å². The first kappa shape index (κ1) is 13.5. The molecule has 17 heavy (non-hydrogen) atoms. The summed E-state index contributed by atoms with van der Waals surface area (Å²) in [6.07, 6.45) is 1.09. The van der Waals surface area contributed by atoms with Crippen molar-refractivity contribution < 1.29 is 19.5 Å². The molecule has 0 spiro atoms. The van der Waals surface area contributed by atoms with Gasteiger partial charge in [0.15, 0.2) is 0 Å². The Hall–Kier alpha value is -1.59. The Morgan fingerprint density at radius 3 is 2.35 bits per heavy atom. The first-order valence-electron chi connectivity index (χ1n) is 5.66. The maximum atomic E-state index is 11.8. The van der Waals surface area contributed by atoms with Crippen LogP contribution in [0.1, 0.15) is 19.8 Å².